The first kappa shape index (κ1) is 19.4. The lowest BCUT2D eigenvalue weighted by Gasteiger charge is -2.10. The number of benzene rings is 3. The van der Waals surface area contributed by atoms with Crippen LogP contribution in [0.15, 0.2) is 76.5 Å². The van der Waals surface area contributed by atoms with Crippen molar-refractivity contribution in [2.24, 2.45) is 0 Å². The number of amides is 1. The highest BCUT2D eigenvalue weighted by molar-refractivity contribution is 7.99. The van der Waals surface area contributed by atoms with Crippen molar-refractivity contribution in [3.8, 4) is 5.75 Å². The van der Waals surface area contributed by atoms with Crippen molar-refractivity contribution in [2.45, 2.75) is 9.79 Å². The van der Waals surface area contributed by atoms with Gasteiger partial charge >= 0.3 is 0 Å². The fourth-order valence-electron chi connectivity index (χ4n) is 2.46. The summed E-state index contributed by atoms with van der Waals surface area (Å²) in [5.41, 5.74) is 0.394. The van der Waals surface area contributed by atoms with Gasteiger partial charge < -0.3 is 10.1 Å². The molecule has 0 atom stereocenters. The van der Waals surface area contributed by atoms with Crippen molar-refractivity contribution in [1.29, 1.82) is 0 Å². The van der Waals surface area contributed by atoms with Gasteiger partial charge in [-0.3, -0.25) is 14.9 Å². The fourth-order valence-corrected chi connectivity index (χ4v) is 3.36. The summed E-state index contributed by atoms with van der Waals surface area (Å²) in [4.78, 5) is 24.5. The van der Waals surface area contributed by atoms with Crippen molar-refractivity contribution in [2.75, 3.05) is 12.4 Å². The topological polar surface area (TPSA) is 81.5 Å². The first-order valence-electron chi connectivity index (χ1n) is 8.14. The molecule has 0 aromatic heterocycles. The monoisotopic (exact) mass is 398 g/mol. The average Bonchev–Trinajstić information content (AvgIpc) is 2.70. The number of nitro groups is 1. The number of ether oxygens (including phenoxy) is 1. The molecule has 6 nitrogen and oxygen atoms in total. The number of nitrogens with one attached hydrogen (secondary N) is 1. The molecule has 3 rings (SSSR count). The molecule has 0 saturated heterocycles. The van der Waals surface area contributed by atoms with Gasteiger partial charge in [0.2, 0.25) is 0 Å². The smallest absolute Gasteiger partial charge is 0.284 e. The quantitative estimate of drug-likeness (QED) is 0.459. The molecule has 28 heavy (non-hydrogen) atoms. The Morgan fingerprint density at radius 3 is 2.50 bits per heavy atom. The third-order valence-corrected chi connectivity index (χ3v) is 4.89. The molecule has 142 valence electrons. The molecule has 0 bridgehead atoms. The van der Waals surface area contributed by atoms with Crippen molar-refractivity contribution in [3.63, 3.8) is 0 Å². The zero-order valence-corrected chi connectivity index (χ0v) is 15.5. The van der Waals surface area contributed by atoms with E-state index in [1.807, 2.05) is 0 Å². The predicted octanol–water partition coefficient (Wildman–Crippen LogP) is 5.15. The summed E-state index contributed by atoms with van der Waals surface area (Å²) in [5, 5.41) is 14.2. The largest absolute Gasteiger partial charge is 0.495 e. The summed E-state index contributed by atoms with van der Waals surface area (Å²) >= 11 is 1.12. The van der Waals surface area contributed by atoms with E-state index >= 15 is 0 Å². The molecular weight excluding hydrogens is 383 g/mol. The predicted molar refractivity (Wildman–Crippen MR) is 105 cm³/mol. The molecule has 8 heteroatoms. The first-order valence-corrected chi connectivity index (χ1v) is 8.96. The second-order valence-corrected chi connectivity index (χ2v) is 6.77. The van der Waals surface area contributed by atoms with Gasteiger partial charge in [-0.1, -0.05) is 23.9 Å². The van der Waals surface area contributed by atoms with E-state index in [0.29, 0.717) is 21.2 Å². The maximum Gasteiger partial charge on any atom is 0.284 e. The lowest BCUT2D eigenvalue weighted by Crippen LogP contribution is -2.13. The number of carbonyl (C=O) groups excluding carboxylic acids is 1. The number of methoxy groups -OCH3 is 1. The SMILES string of the molecule is COc1ccccc1NC(=O)c1ccc(Sc2ccc(F)cc2)c([N+](=O)[O-])c1. The van der Waals surface area contributed by atoms with Crippen LogP contribution in [-0.2, 0) is 0 Å². The Morgan fingerprint density at radius 2 is 1.82 bits per heavy atom. The second-order valence-electron chi connectivity index (χ2n) is 5.65. The van der Waals surface area contributed by atoms with Crippen LogP contribution < -0.4 is 10.1 Å². The lowest BCUT2D eigenvalue weighted by molar-refractivity contribution is -0.387. The van der Waals surface area contributed by atoms with Gasteiger partial charge in [-0.25, -0.2) is 4.39 Å². The van der Waals surface area contributed by atoms with Crippen LogP contribution >= 0.6 is 11.8 Å². The summed E-state index contributed by atoms with van der Waals surface area (Å²) in [5.74, 6) is -0.401. The molecule has 0 fully saturated rings. The molecule has 0 aliphatic heterocycles. The van der Waals surface area contributed by atoms with Crippen LogP contribution in [0.25, 0.3) is 0 Å². The molecule has 0 aliphatic carbocycles. The molecule has 0 saturated carbocycles. The molecule has 0 heterocycles. The average molecular weight is 398 g/mol. The van der Waals surface area contributed by atoms with Crippen LogP contribution in [0.1, 0.15) is 10.4 Å². The van der Waals surface area contributed by atoms with Crippen LogP contribution in [0.4, 0.5) is 15.8 Å². The van der Waals surface area contributed by atoms with Crippen molar-refractivity contribution < 1.29 is 18.8 Å². The van der Waals surface area contributed by atoms with E-state index < -0.39 is 10.8 Å². The maximum absolute atomic E-state index is 13.0. The molecule has 1 amide bonds. The van der Waals surface area contributed by atoms with E-state index in [9.17, 15) is 19.3 Å². The molecule has 0 unspecified atom stereocenters. The van der Waals surface area contributed by atoms with Gasteiger partial charge in [0.15, 0.2) is 0 Å². The zero-order chi connectivity index (χ0) is 20.1. The van der Waals surface area contributed by atoms with Crippen LogP contribution in [-0.4, -0.2) is 17.9 Å². The van der Waals surface area contributed by atoms with E-state index in [4.69, 9.17) is 4.74 Å². The van der Waals surface area contributed by atoms with Crippen LogP contribution in [0.2, 0.25) is 0 Å². The van der Waals surface area contributed by atoms with Crippen molar-refractivity contribution in [3.05, 3.63) is 88.2 Å². The number of carbonyl (C=O) groups is 1. The number of anilines is 1. The van der Waals surface area contributed by atoms with Crippen LogP contribution in [0, 0.1) is 15.9 Å². The first-order chi connectivity index (χ1) is 13.5. The van der Waals surface area contributed by atoms with E-state index in [-0.39, 0.29) is 17.1 Å². The number of hydrogen-bond acceptors (Lipinski definition) is 5. The van der Waals surface area contributed by atoms with Gasteiger partial charge in [-0.2, -0.15) is 0 Å². The number of rotatable bonds is 6. The van der Waals surface area contributed by atoms with Gasteiger partial charge in [-0.15, -0.1) is 0 Å². The second kappa shape index (κ2) is 8.53. The van der Waals surface area contributed by atoms with Crippen LogP contribution in [0.3, 0.4) is 0 Å². The Hall–Kier alpha value is -3.39. The third kappa shape index (κ3) is 4.47. The minimum absolute atomic E-state index is 0.140. The van der Waals surface area contributed by atoms with Gasteiger partial charge in [0, 0.05) is 16.5 Å². The van der Waals surface area contributed by atoms with E-state index in [0.717, 1.165) is 11.8 Å². The van der Waals surface area contributed by atoms with Crippen LogP contribution in [0.5, 0.6) is 5.75 Å². The highest BCUT2D eigenvalue weighted by Crippen LogP contribution is 2.35. The number of halogens is 1. The molecule has 3 aromatic rings. The number of para-hydroxylation sites is 2. The van der Waals surface area contributed by atoms with Gasteiger partial charge in [-0.05, 0) is 48.5 Å². The summed E-state index contributed by atoms with van der Waals surface area (Å²) in [6.45, 7) is 0. The molecule has 0 aliphatic rings. The Bertz CT molecular complexity index is 1020. The maximum atomic E-state index is 13.0. The molecule has 3 aromatic carbocycles. The molecule has 1 N–H and O–H groups in total. The Balaban J connectivity index is 1.86. The highest BCUT2D eigenvalue weighted by atomic mass is 32.2. The number of nitro benzene ring substituents is 1. The molecule has 0 radical (unpaired) electrons. The zero-order valence-electron chi connectivity index (χ0n) is 14.7. The lowest BCUT2D eigenvalue weighted by atomic mass is 10.2. The summed E-state index contributed by atoms with van der Waals surface area (Å²) in [6, 6.07) is 16.7. The fraction of sp³-hybridized carbons (Fsp3) is 0.0500. The van der Waals surface area contributed by atoms with Crippen molar-refractivity contribution in [1.82, 2.24) is 0 Å². The van der Waals surface area contributed by atoms with Crippen molar-refractivity contribution >= 4 is 29.0 Å². The Morgan fingerprint density at radius 1 is 1.11 bits per heavy atom. The van der Waals surface area contributed by atoms with E-state index in [1.54, 1.807) is 24.3 Å². The minimum atomic E-state index is -0.550. The molecule has 0 spiro atoms. The van der Waals surface area contributed by atoms with Gasteiger partial charge in [0.25, 0.3) is 11.6 Å². The molecular formula is C20H15FN2O4S. The Labute approximate surface area is 164 Å². The Kier molecular flexibility index (Phi) is 5.90. The minimum Gasteiger partial charge on any atom is -0.495 e. The van der Waals surface area contributed by atoms with Gasteiger partial charge in [0.05, 0.1) is 22.6 Å². The standard InChI is InChI=1S/C20H15FN2O4S/c1-27-18-5-3-2-4-16(18)22-20(24)13-6-11-19(17(12-13)23(25)26)28-15-9-7-14(21)8-10-15/h2-12H,1H3,(H,22,24). The normalized spacial score (nSPS) is 10.4. The van der Waals surface area contributed by atoms with E-state index in [1.165, 1.54) is 49.6 Å². The number of nitrogens with zero attached hydrogens (tertiary/aromatic N) is 1. The number of hydrogen-bond donors (Lipinski definition) is 1. The summed E-state index contributed by atoms with van der Waals surface area (Å²) in [6.07, 6.45) is 0. The summed E-state index contributed by atoms with van der Waals surface area (Å²) < 4.78 is 18.2. The van der Waals surface area contributed by atoms with Gasteiger partial charge in [0.1, 0.15) is 11.6 Å². The third-order valence-electron chi connectivity index (χ3n) is 3.81. The summed E-state index contributed by atoms with van der Waals surface area (Å²) in [7, 11) is 1.48. The highest BCUT2D eigenvalue weighted by Gasteiger charge is 2.19. The van der Waals surface area contributed by atoms with E-state index in [2.05, 4.69) is 5.32 Å².